The van der Waals surface area contributed by atoms with Crippen molar-refractivity contribution in [3.8, 4) is 5.75 Å². The zero-order valence-electron chi connectivity index (χ0n) is 15.2. The number of nitrogens with zero attached hydrogens (tertiary/aromatic N) is 1. The van der Waals surface area contributed by atoms with Crippen molar-refractivity contribution in [3.63, 3.8) is 0 Å². The summed E-state index contributed by atoms with van der Waals surface area (Å²) in [6.45, 7) is 1.76. The van der Waals surface area contributed by atoms with Crippen LogP contribution in [0.1, 0.15) is 13.3 Å². The van der Waals surface area contributed by atoms with Gasteiger partial charge in [-0.25, -0.2) is 9.59 Å². The van der Waals surface area contributed by atoms with E-state index in [2.05, 4.69) is 4.98 Å². The largest absolute Gasteiger partial charge is 0.479 e. The van der Waals surface area contributed by atoms with Crippen molar-refractivity contribution in [2.45, 2.75) is 26.0 Å². The van der Waals surface area contributed by atoms with Crippen LogP contribution in [-0.4, -0.2) is 28.2 Å². The molecule has 1 N–H and O–H groups in total. The van der Waals surface area contributed by atoms with E-state index in [1.807, 2.05) is 0 Å². The molecule has 0 fully saturated rings. The number of halogens is 1. The van der Waals surface area contributed by atoms with E-state index in [0.717, 1.165) is 4.57 Å². The van der Waals surface area contributed by atoms with Gasteiger partial charge in [0.2, 0.25) is 0 Å². The molecule has 0 amide bonds. The van der Waals surface area contributed by atoms with Crippen LogP contribution in [0.15, 0.2) is 58.1 Å². The van der Waals surface area contributed by atoms with Gasteiger partial charge in [-0.2, -0.15) is 0 Å². The lowest BCUT2D eigenvalue weighted by Gasteiger charge is -2.14. The van der Waals surface area contributed by atoms with Crippen molar-refractivity contribution in [2.75, 3.05) is 6.61 Å². The Kier molecular flexibility index (Phi) is 6.16. The van der Waals surface area contributed by atoms with Crippen LogP contribution < -0.4 is 16.0 Å². The Balaban J connectivity index is 1.54. The van der Waals surface area contributed by atoms with Crippen LogP contribution in [0.2, 0.25) is 5.02 Å². The first-order chi connectivity index (χ1) is 13.5. The number of aromatic amines is 1. The van der Waals surface area contributed by atoms with Crippen LogP contribution in [0.5, 0.6) is 5.75 Å². The van der Waals surface area contributed by atoms with E-state index >= 15 is 0 Å². The van der Waals surface area contributed by atoms with Gasteiger partial charge < -0.3 is 14.5 Å². The van der Waals surface area contributed by atoms with E-state index in [1.54, 1.807) is 55.5 Å². The maximum Gasteiger partial charge on any atom is 0.347 e. The number of H-pyrrole nitrogens is 1. The van der Waals surface area contributed by atoms with Crippen molar-refractivity contribution in [2.24, 2.45) is 0 Å². The molecule has 0 saturated heterocycles. The Labute approximate surface area is 165 Å². The zero-order chi connectivity index (χ0) is 20.1. The van der Waals surface area contributed by atoms with Gasteiger partial charge in [-0.3, -0.25) is 9.36 Å². The third-order valence-corrected chi connectivity index (χ3v) is 4.34. The minimum Gasteiger partial charge on any atom is -0.479 e. The number of ether oxygens (including phenoxy) is 2. The maximum atomic E-state index is 12.4. The second-order valence-electron chi connectivity index (χ2n) is 6.17. The molecule has 0 radical (unpaired) electrons. The fourth-order valence-corrected chi connectivity index (χ4v) is 2.89. The fraction of sp³-hybridized carbons (Fsp3) is 0.250. The maximum absolute atomic E-state index is 12.4. The van der Waals surface area contributed by atoms with Gasteiger partial charge in [0.25, 0.3) is 5.56 Å². The summed E-state index contributed by atoms with van der Waals surface area (Å²) in [4.78, 5) is 39.2. The highest BCUT2D eigenvalue weighted by Crippen LogP contribution is 2.18. The van der Waals surface area contributed by atoms with E-state index in [-0.39, 0.29) is 18.7 Å². The van der Waals surface area contributed by atoms with E-state index in [9.17, 15) is 14.4 Å². The lowest BCUT2D eigenvalue weighted by molar-refractivity contribution is -0.151. The van der Waals surface area contributed by atoms with Gasteiger partial charge in [0, 0.05) is 11.6 Å². The van der Waals surface area contributed by atoms with Gasteiger partial charge in [-0.05, 0) is 43.7 Å². The summed E-state index contributed by atoms with van der Waals surface area (Å²) in [5.41, 5.74) is -0.372. The predicted octanol–water partition coefficient (Wildman–Crippen LogP) is 2.74. The summed E-state index contributed by atoms with van der Waals surface area (Å²) in [5.74, 6) is -0.0778. The lowest BCUT2D eigenvalue weighted by atomic mass is 10.2. The smallest absolute Gasteiger partial charge is 0.347 e. The highest BCUT2D eigenvalue weighted by atomic mass is 35.5. The number of hydrogen-bond acceptors (Lipinski definition) is 5. The molecule has 3 rings (SSSR count). The first-order valence-corrected chi connectivity index (χ1v) is 9.14. The molecule has 0 aliphatic heterocycles. The van der Waals surface area contributed by atoms with Crippen LogP contribution in [-0.2, 0) is 16.1 Å². The van der Waals surface area contributed by atoms with Crippen LogP contribution >= 0.6 is 11.6 Å². The molecule has 7 nitrogen and oxygen atoms in total. The monoisotopic (exact) mass is 402 g/mol. The first-order valence-electron chi connectivity index (χ1n) is 8.76. The molecule has 8 heteroatoms. The molecule has 2 aromatic carbocycles. The number of hydrogen-bond donors (Lipinski definition) is 1. The van der Waals surface area contributed by atoms with Gasteiger partial charge >= 0.3 is 11.7 Å². The number of rotatable bonds is 7. The van der Waals surface area contributed by atoms with E-state index in [4.69, 9.17) is 21.1 Å². The summed E-state index contributed by atoms with van der Waals surface area (Å²) in [6, 6.07) is 13.5. The normalized spacial score (nSPS) is 11.9. The number of carbonyl (C=O) groups is 1. The standard InChI is InChI=1S/C20H19ClN2O5/c1-13(28-15-7-4-6-14(21)12-15)19(25)27-11-5-10-23-18(24)16-8-2-3-9-17(16)22-20(23)26/h2-4,6-9,12-13H,5,10-11H2,1H3,(H,22,26). The van der Waals surface area contributed by atoms with Gasteiger partial charge in [0.15, 0.2) is 6.10 Å². The average molecular weight is 403 g/mol. The SMILES string of the molecule is CC(Oc1cccc(Cl)c1)C(=O)OCCCn1c(=O)[nH]c2ccccc2c1=O. The number of esters is 1. The Bertz CT molecular complexity index is 1110. The average Bonchev–Trinajstić information content (AvgIpc) is 2.67. The molecule has 0 saturated carbocycles. The van der Waals surface area contributed by atoms with Gasteiger partial charge in [0.1, 0.15) is 5.75 Å². The number of fused-ring (bicyclic) bond motifs is 1. The van der Waals surface area contributed by atoms with Crippen molar-refractivity contribution in [1.29, 1.82) is 0 Å². The quantitative estimate of drug-likeness (QED) is 0.484. The van der Waals surface area contributed by atoms with Crippen LogP contribution in [0.3, 0.4) is 0 Å². The molecule has 3 aromatic rings. The molecule has 28 heavy (non-hydrogen) atoms. The Morgan fingerprint density at radius 3 is 2.75 bits per heavy atom. The molecular weight excluding hydrogens is 384 g/mol. The van der Waals surface area contributed by atoms with Crippen LogP contribution in [0.25, 0.3) is 10.9 Å². The van der Waals surface area contributed by atoms with Crippen molar-refractivity contribution >= 4 is 28.5 Å². The van der Waals surface area contributed by atoms with Crippen LogP contribution in [0.4, 0.5) is 0 Å². The summed E-state index contributed by atoms with van der Waals surface area (Å²) in [7, 11) is 0. The molecule has 0 spiro atoms. The number of nitrogens with one attached hydrogen (secondary N) is 1. The summed E-state index contributed by atoms with van der Waals surface area (Å²) in [5, 5.41) is 0.937. The highest BCUT2D eigenvalue weighted by molar-refractivity contribution is 6.30. The summed E-state index contributed by atoms with van der Waals surface area (Å²) in [6.07, 6.45) is -0.498. The fourth-order valence-electron chi connectivity index (χ4n) is 2.71. The number of aromatic nitrogens is 2. The second kappa shape index (κ2) is 8.75. The molecular formula is C20H19ClN2O5. The molecule has 1 unspecified atom stereocenters. The Morgan fingerprint density at radius 2 is 1.96 bits per heavy atom. The van der Waals surface area contributed by atoms with E-state index in [1.165, 1.54) is 0 Å². The minimum absolute atomic E-state index is 0.0563. The molecule has 0 bridgehead atoms. The lowest BCUT2D eigenvalue weighted by Crippen LogP contribution is -2.35. The zero-order valence-corrected chi connectivity index (χ0v) is 15.9. The van der Waals surface area contributed by atoms with Gasteiger partial charge in [-0.1, -0.05) is 29.8 Å². The van der Waals surface area contributed by atoms with Gasteiger partial charge in [-0.15, -0.1) is 0 Å². The molecule has 1 heterocycles. The molecule has 0 aliphatic rings. The van der Waals surface area contributed by atoms with Gasteiger partial charge in [0.05, 0.1) is 17.5 Å². The topological polar surface area (TPSA) is 90.4 Å². The number of para-hydroxylation sites is 1. The predicted molar refractivity (Wildman–Crippen MR) is 106 cm³/mol. The van der Waals surface area contributed by atoms with E-state index in [0.29, 0.717) is 28.1 Å². The third-order valence-electron chi connectivity index (χ3n) is 4.10. The third kappa shape index (κ3) is 4.61. The number of benzene rings is 2. The second-order valence-corrected chi connectivity index (χ2v) is 6.61. The Hall–Kier alpha value is -3.06. The van der Waals surface area contributed by atoms with Crippen molar-refractivity contribution in [1.82, 2.24) is 9.55 Å². The first kappa shape index (κ1) is 19.7. The number of carbonyl (C=O) groups excluding carboxylic acids is 1. The summed E-state index contributed by atoms with van der Waals surface area (Å²) >= 11 is 5.88. The molecule has 0 aliphatic carbocycles. The van der Waals surface area contributed by atoms with Crippen LogP contribution in [0, 0.1) is 0 Å². The highest BCUT2D eigenvalue weighted by Gasteiger charge is 2.16. The molecule has 1 atom stereocenters. The Morgan fingerprint density at radius 1 is 1.18 bits per heavy atom. The molecule has 1 aromatic heterocycles. The summed E-state index contributed by atoms with van der Waals surface area (Å²) < 4.78 is 11.8. The van der Waals surface area contributed by atoms with Crippen molar-refractivity contribution in [3.05, 3.63) is 74.4 Å². The van der Waals surface area contributed by atoms with Crippen molar-refractivity contribution < 1.29 is 14.3 Å². The van der Waals surface area contributed by atoms with E-state index < -0.39 is 17.8 Å². The molecule has 146 valence electrons. The minimum atomic E-state index is -0.815.